The minimum atomic E-state index is -3.48. The molecule has 22 heavy (non-hydrogen) atoms. The van der Waals surface area contributed by atoms with Gasteiger partial charge in [-0.05, 0) is 36.1 Å². The highest BCUT2D eigenvalue weighted by Crippen LogP contribution is 2.15. The lowest BCUT2D eigenvalue weighted by Gasteiger charge is -2.08. The summed E-state index contributed by atoms with van der Waals surface area (Å²) in [4.78, 5) is 0. The van der Waals surface area contributed by atoms with Gasteiger partial charge in [-0.1, -0.05) is 36.4 Å². The lowest BCUT2D eigenvalue weighted by atomic mass is 10.1. The monoisotopic (exact) mass is 323 g/mol. The summed E-state index contributed by atoms with van der Waals surface area (Å²) < 4.78 is 39.7. The Kier molecular flexibility index (Phi) is 5.51. The van der Waals surface area contributed by atoms with Crippen LogP contribution in [-0.2, 0) is 22.9 Å². The van der Waals surface area contributed by atoms with E-state index < -0.39 is 15.8 Å². The predicted octanol–water partition coefficient (Wildman–Crippen LogP) is 2.24. The fourth-order valence-electron chi connectivity index (χ4n) is 2.08. The lowest BCUT2D eigenvalue weighted by Crippen LogP contribution is -2.29. The van der Waals surface area contributed by atoms with Crippen LogP contribution in [0.4, 0.5) is 4.39 Å². The van der Waals surface area contributed by atoms with E-state index in [-0.39, 0.29) is 24.5 Å². The standard InChI is InChI=1S/C16H18FNO3S/c17-15-7-3-1-5-13(15)10-12-22(20,21)18-11-9-14-6-2-4-8-16(14)19/h1-8,18-19H,9-12H2. The van der Waals surface area contributed by atoms with Gasteiger partial charge in [0.05, 0.1) is 5.75 Å². The van der Waals surface area contributed by atoms with Crippen LogP contribution in [0.25, 0.3) is 0 Å². The minimum Gasteiger partial charge on any atom is -0.508 e. The first-order valence-corrected chi connectivity index (χ1v) is 8.61. The number of para-hydroxylation sites is 1. The molecule has 0 spiro atoms. The number of nitrogens with one attached hydrogen (secondary N) is 1. The number of halogens is 1. The molecule has 0 saturated heterocycles. The van der Waals surface area contributed by atoms with Crippen LogP contribution in [0.15, 0.2) is 48.5 Å². The molecule has 0 aliphatic heterocycles. The molecule has 2 rings (SSSR count). The van der Waals surface area contributed by atoms with Crippen molar-refractivity contribution in [3.05, 3.63) is 65.5 Å². The second-order valence-corrected chi connectivity index (χ2v) is 6.86. The molecule has 4 nitrogen and oxygen atoms in total. The van der Waals surface area contributed by atoms with E-state index in [4.69, 9.17) is 0 Å². The zero-order valence-corrected chi connectivity index (χ0v) is 12.8. The van der Waals surface area contributed by atoms with E-state index in [0.717, 1.165) is 0 Å². The average molecular weight is 323 g/mol. The molecule has 0 atom stereocenters. The quantitative estimate of drug-likeness (QED) is 0.821. The Hall–Kier alpha value is -1.92. The third kappa shape index (κ3) is 4.82. The van der Waals surface area contributed by atoms with Gasteiger partial charge in [-0.3, -0.25) is 0 Å². The van der Waals surface area contributed by atoms with E-state index in [2.05, 4.69) is 4.72 Å². The molecule has 0 aliphatic carbocycles. The van der Waals surface area contributed by atoms with Crippen molar-refractivity contribution in [2.45, 2.75) is 12.8 Å². The summed E-state index contributed by atoms with van der Waals surface area (Å²) in [6, 6.07) is 12.9. The molecule has 0 saturated carbocycles. The van der Waals surface area contributed by atoms with Crippen LogP contribution >= 0.6 is 0 Å². The first kappa shape index (κ1) is 16.5. The van der Waals surface area contributed by atoms with Crippen LogP contribution in [0, 0.1) is 5.82 Å². The van der Waals surface area contributed by atoms with Crippen molar-refractivity contribution in [3.63, 3.8) is 0 Å². The van der Waals surface area contributed by atoms with Gasteiger partial charge in [-0.25, -0.2) is 17.5 Å². The van der Waals surface area contributed by atoms with Gasteiger partial charge >= 0.3 is 0 Å². The van der Waals surface area contributed by atoms with E-state index in [9.17, 15) is 17.9 Å². The van der Waals surface area contributed by atoms with Crippen LogP contribution in [-0.4, -0.2) is 25.8 Å². The van der Waals surface area contributed by atoms with Crippen molar-refractivity contribution in [2.75, 3.05) is 12.3 Å². The molecule has 2 aromatic carbocycles. The number of sulfonamides is 1. The van der Waals surface area contributed by atoms with Crippen molar-refractivity contribution >= 4 is 10.0 Å². The van der Waals surface area contributed by atoms with E-state index in [1.807, 2.05) is 0 Å². The van der Waals surface area contributed by atoms with E-state index in [1.165, 1.54) is 6.07 Å². The van der Waals surface area contributed by atoms with Crippen molar-refractivity contribution < 1.29 is 17.9 Å². The summed E-state index contributed by atoms with van der Waals surface area (Å²) in [5.41, 5.74) is 1.06. The molecule has 0 aromatic heterocycles. The molecule has 2 aromatic rings. The van der Waals surface area contributed by atoms with Crippen LogP contribution in [0.3, 0.4) is 0 Å². The number of aromatic hydroxyl groups is 1. The van der Waals surface area contributed by atoms with Gasteiger partial charge in [-0.15, -0.1) is 0 Å². The van der Waals surface area contributed by atoms with Crippen LogP contribution in [0.2, 0.25) is 0 Å². The second kappa shape index (κ2) is 7.38. The van der Waals surface area contributed by atoms with Crippen molar-refractivity contribution in [2.24, 2.45) is 0 Å². The van der Waals surface area contributed by atoms with E-state index in [1.54, 1.807) is 42.5 Å². The topological polar surface area (TPSA) is 66.4 Å². The molecule has 2 N–H and O–H groups in total. The fraction of sp³-hybridized carbons (Fsp3) is 0.250. The molecule has 0 heterocycles. The van der Waals surface area contributed by atoms with Gasteiger partial charge in [-0.2, -0.15) is 0 Å². The lowest BCUT2D eigenvalue weighted by molar-refractivity contribution is 0.467. The highest BCUT2D eigenvalue weighted by Gasteiger charge is 2.12. The largest absolute Gasteiger partial charge is 0.508 e. The van der Waals surface area contributed by atoms with Gasteiger partial charge < -0.3 is 5.11 Å². The molecule has 118 valence electrons. The van der Waals surface area contributed by atoms with Crippen molar-refractivity contribution in [1.82, 2.24) is 4.72 Å². The third-order valence-corrected chi connectivity index (χ3v) is 4.69. The smallest absolute Gasteiger partial charge is 0.211 e. The third-order valence-electron chi connectivity index (χ3n) is 3.31. The second-order valence-electron chi connectivity index (χ2n) is 4.93. The van der Waals surface area contributed by atoms with Crippen LogP contribution in [0.5, 0.6) is 5.75 Å². The summed E-state index contributed by atoms with van der Waals surface area (Å²) in [7, 11) is -3.48. The zero-order valence-electron chi connectivity index (χ0n) is 12.0. The average Bonchev–Trinajstić information content (AvgIpc) is 2.48. The number of benzene rings is 2. The minimum absolute atomic E-state index is 0.124. The molecule has 0 fully saturated rings. The van der Waals surface area contributed by atoms with Crippen LogP contribution < -0.4 is 4.72 Å². The summed E-state index contributed by atoms with van der Waals surface area (Å²) in [5, 5.41) is 9.60. The molecule has 0 amide bonds. The van der Waals surface area contributed by atoms with E-state index in [0.29, 0.717) is 17.5 Å². The Morgan fingerprint density at radius 1 is 0.955 bits per heavy atom. The van der Waals surface area contributed by atoms with Gasteiger partial charge in [0.25, 0.3) is 0 Å². The molecule has 0 bridgehead atoms. The molecule has 0 radical (unpaired) electrons. The Balaban J connectivity index is 1.84. The maximum atomic E-state index is 13.4. The molecule has 6 heteroatoms. The summed E-state index contributed by atoms with van der Waals surface area (Å²) >= 11 is 0. The van der Waals surface area contributed by atoms with Crippen LogP contribution in [0.1, 0.15) is 11.1 Å². The van der Waals surface area contributed by atoms with Crippen molar-refractivity contribution in [1.29, 1.82) is 0 Å². The Morgan fingerprint density at radius 2 is 1.59 bits per heavy atom. The maximum absolute atomic E-state index is 13.4. The van der Waals surface area contributed by atoms with Gasteiger partial charge in [0.2, 0.25) is 10.0 Å². The Bertz CT molecular complexity index is 732. The maximum Gasteiger partial charge on any atom is 0.211 e. The number of hydrogen-bond acceptors (Lipinski definition) is 3. The summed E-state index contributed by atoms with van der Waals surface area (Å²) in [6.07, 6.45) is 0.518. The summed E-state index contributed by atoms with van der Waals surface area (Å²) in [6.45, 7) is 0.192. The van der Waals surface area contributed by atoms with Gasteiger partial charge in [0, 0.05) is 6.54 Å². The highest BCUT2D eigenvalue weighted by molar-refractivity contribution is 7.89. The first-order chi connectivity index (χ1) is 10.5. The molecular weight excluding hydrogens is 305 g/mol. The fourth-order valence-corrected chi connectivity index (χ4v) is 3.13. The predicted molar refractivity (Wildman–Crippen MR) is 83.7 cm³/mol. The Morgan fingerprint density at radius 3 is 2.27 bits per heavy atom. The van der Waals surface area contributed by atoms with Gasteiger partial charge in [0.15, 0.2) is 0 Å². The Labute approximate surface area is 129 Å². The molecular formula is C16H18FNO3S. The number of phenols is 1. The van der Waals surface area contributed by atoms with Crippen molar-refractivity contribution in [3.8, 4) is 5.75 Å². The van der Waals surface area contributed by atoms with Gasteiger partial charge in [0.1, 0.15) is 11.6 Å². The highest BCUT2D eigenvalue weighted by atomic mass is 32.2. The number of hydrogen-bond donors (Lipinski definition) is 2. The molecule has 0 aliphatic rings. The summed E-state index contributed by atoms with van der Waals surface area (Å²) in [5.74, 6) is -0.422. The normalized spacial score (nSPS) is 11.5. The van der Waals surface area contributed by atoms with E-state index >= 15 is 0 Å². The SMILES string of the molecule is O=S(=O)(CCc1ccccc1F)NCCc1ccccc1O. The molecule has 0 unspecified atom stereocenters. The first-order valence-electron chi connectivity index (χ1n) is 6.95. The zero-order chi connectivity index (χ0) is 16.0. The number of aryl methyl sites for hydroxylation is 1. The number of phenolic OH excluding ortho intramolecular Hbond substituents is 1. The number of rotatable bonds is 7.